The van der Waals surface area contributed by atoms with E-state index in [2.05, 4.69) is 0 Å². The summed E-state index contributed by atoms with van der Waals surface area (Å²) in [4.78, 5) is 24.3. The van der Waals surface area contributed by atoms with Gasteiger partial charge in [0.1, 0.15) is 17.3 Å². The van der Waals surface area contributed by atoms with Gasteiger partial charge in [-0.2, -0.15) is 13.2 Å². The van der Waals surface area contributed by atoms with E-state index in [1.165, 1.54) is 0 Å². The maximum Gasteiger partial charge on any atom is 0.431 e. The van der Waals surface area contributed by atoms with Crippen LogP contribution in [0.5, 0.6) is 5.75 Å². The maximum absolute atomic E-state index is 14.2. The van der Waals surface area contributed by atoms with Crippen molar-refractivity contribution >= 4 is 11.6 Å². The molecule has 0 fully saturated rings. The molecule has 0 saturated carbocycles. The molecule has 0 N–H and O–H groups in total. The number of rotatable bonds is 3. The highest BCUT2D eigenvalue weighted by atomic mass is 35.5. The molecule has 10 heteroatoms. The second-order valence-electron chi connectivity index (χ2n) is 5.44. The van der Waals surface area contributed by atoms with Crippen LogP contribution in [0.25, 0.3) is 5.69 Å². The summed E-state index contributed by atoms with van der Waals surface area (Å²) in [5.41, 5.74) is -4.67. The first-order chi connectivity index (χ1) is 11.4. The lowest BCUT2D eigenvalue weighted by Gasteiger charge is -2.16. The van der Waals surface area contributed by atoms with Gasteiger partial charge in [0.05, 0.1) is 16.8 Å². The number of hydrogen-bond donors (Lipinski definition) is 0. The molecule has 1 heterocycles. The fraction of sp³-hybridized carbons (Fsp3) is 0.333. The molecule has 1 aromatic heterocycles. The van der Waals surface area contributed by atoms with Crippen molar-refractivity contribution in [1.82, 2.24) is 9.13 Å². The molecule has 0 aliphatic heterocycles. The Morgan fingerprint density at radius 1 is 1.16 bits per heavy atom. The van der Waals surface area contributed by atoms with E-state index in [1.54, 1.807) is 13.8 Å². The van der Waals surface area contributed by atoms with E-state index >= 15 is 0 Å². The topological polar surface area (TPSA) is 53.2 Å². The molecular weight excluding hydrogens is 368 g/mol. The smallest absolute Gasteiger partial charge is 0.431 e. The molecule has 0 amide bonds. The molecule has 0 aliphatic rings. The number of halogens is 5. The normalized spacial score (nSPS) is 11.9. The van der Waals surface area contributed by atoms with E-state index in [1.807, 2.05) is 0 Å². The summed E-state index contributed by atoms with van der Waals surface area (Å²) in [5.74, 6) is -1.07. The van der Waals surface area contributed by atoms with Crippen LogP contribution in [0.2, 0.25) is 5.02 Å². The zero-order valence-corrected chi connectivity index (χ0v) is 14.1. The SMILES string of the molecule is CC(C)Oc1cc(-n2c(=O)cc(C(F)(F)F)n(C)c2=O)c(F)cc1Cl. The monoisotopic (exact) mass is 380 g/mol. The van der Waals surface area contributed by atoms with Gasteiger partial charge in [0.2, 0.25) is 0 Å². The van der Waals surface area contributed by atoms with Gasteiger partial charge in [0.15, 0.2) is 0 Å². The minimum atomic E-state index is -4.91. The van der Waals surface area contributed by atoms with Crippen LogP contribution in [-0.4, -0.2) is 15.2 Å². The molecule has 0 radical (unpaired) electrons. The third kappa shape index (κ3) is 3.71. The van der Waals surface area contributed by atoms with Gasteiger partial charge < -0.3 is 4.74 Å². The Balaban J connectivity index is 2.78. The van der Waals surface area contributed by atoms with E-state index < -0.39 is 34.6 Å². The van der Waals surface area contributed by atoms with Gasteiger partial charge in [-0.3, -0.25) is 9.36 Å². The molecule has 0 atom stereocenters. The highest BCUT2D eigenvalue weighted by molar-refractivity contribution is 6.32. The van der Waals surface area contributed by atoms with Crippen molar-refractivity contribution in [3.8, 4) is 11.4 Å². The van der Waals surface area contributed by atoms with Gasteiger partial charge in [-0.25, -0.2) is 13.8 Å². The molecule has 0 aliphatic carbocycles. The first kappa shape index (κ1) is 19.0. The minimum absolute atomic E-state index is 0.0121. The first-order valence-electron chi connectivity index (χ1n) is 6.99. The van der Waals surface area contributed by atoms with E-state index in [9.17, 15) is 27.2 Å². The molecule has 0 unspecified atom stereocenters. The maximum atomic E-state index is 14.2. The molecule has 1 aromatic carbocycles. The van der Waals surface area contributed by atoms with Crippen LogP contribution in [0.15, 0.2) is 27.8 Å². The number of nitrogens with zero attached hydrogens (tertiary/aromatic N) is 2. The minimum Gasteiger partial charge on any atom is -0.489 e. The van der Waals surface area contributed by atoms with Crippen LogP contribution in [-0.2, 0) is 13.2 Å². The zero-order chi connectivity index (χ0) is 19.1. The number of aromatic nitrogens is 2. The van der Waals surface area contributed by atoms with Gasteiger partial charge in [-0.15, -0.1) is 0 Å². The number of ether oxygens (including phenoxy) is 1. The third-order valence-electron chi connectivity index (χ3n) is 3.22. The van der Waals surface area contributed by atoms with Gasteiger partial charge in [-0.1, -0.05) is 11.6 Å². The van der Waals surface area contributed by atoms with Crippen molar-refractivity contribution in [2.24, 2.45) is 7.05 Å². The van der Waals surface area contributed by atoms with Crippen LogP contribution < -0.4 is 16.0 Å². The van der Waals surface area contributed by atoms with Crippen LogP contribution in [0.1, 0.15) is 19.5 Å². The van der Waals surface area contributed by atoms with Crippen molar-refractivity contribution in [3.05, 3.63) is 55.6 Å². The van der Waals surface area contributed by atoms with Crippen LogP contribution >= 0.6 is 11.6 Å². The summed E-state index contributed by atoms with van der Waals surface area (Å²) in [6, 6.07) is 2.03. The Morgan fingerprint density at radius 3 is 2.28 bits per heavy atom. The van der Waals surface area contributed by atoms with Crippen molar-refractivity contribution in [2.75, 3.05) is 0 Å². The average molecular weight is 381 g/mol. The fourth-order valence-electron chi connectivity index (χ4n) is 2.15. The molecule has 0 saturated heterocycles. The molecule has 2 aromatic rings. The zero-order valence-electron chi connectivity index (χ0n) is 13.3. The summed E-state index contributed by atoms with van der Waals surface area (Å²) in [5, 5.41) is -0.105. The molecule has 136 valence electrons. The Bertz CT molecular complexity index is 932. The predicted molar refractivity (Wildman–Crippen MR) is 83.0 cm³/mol. The Kier molecular flexibility index (Phi) is 4.99. The summed E-state index contributed by atoms with van der Waals surface area (Å²) in [6.07, 6.45) is -5.25. The molecule has 2 rings (SSSR count). The molecule has 0 spiro atoms. The Hall–Kier alpha value is -2.29. The summed E-state index contributed by atoms with van der Waals surface area (Å²) >= 11 is 5.84. The Morgan fingerprint density at radius 2 is 1.76 bits per heavy atom. The quantitative estimate of drug-likeness (QED) is 0.769. The number of hydrogen-bond acceptors (Lipinski definition) is 3. The van der Waals surface area contributed by atoms with Crippen LogP contribution in [0.4, 0.5) is 17.6 Å². The summed E-state index contributed by atoms with van der Waals surface area (Å²) < 4.78 is 58.7. The van der Waals surface area contributed by atoms with Crippen molar-refractivity contribution in [2.45, 2.75) is 26.1 Å². The molecule has 25 heavy (non-hydrogen) atoms. The highest BCUT2D eigenvalue weighted by Gasteiger charge is 2.35. The Labute approximate surface area is 144 Å². The van der Waals surface area contributed by atoms with Gasteiger partial charge in [-0.05, 0) is 19.9 Å². The molecule has 5 nitrogen and oxygen atoms in total. The van der Waals surface area contributed by atoms with E-state index in [4.69, 9.17) is 16.3 Å². The second-order valence-corrected chi connectivity index (χ2v) is 5.85. The van der Waals surface area contributed by atoms with Crippen molar-refractivity contribution < 1.29 is 22.3 Å². The van der Waals surface area contributed by atoms with E-state index in [0.717, 1.165) is 19.2 Å². The lowest BCUT2D eigenvalue weighted by atomic mass is 10.2. The van der Waals surface area contributed by atoms with E-state index in [0.29, 0.717) is 0 Å². The summed E-state index contributed by atoms with van der Waals surface area (Å²) in [7, 11) is 0.834. The average Bonchev–Trinajstić information content (AvgIpc) is 2.45. The predicted octanol–water partition coefficient (Wildman–Crippen LogP) is 3.13. The lowest BCUT2D eigenvalue weighted by molar-refractivity contribution is -0.144. The van der Waals surface area contributed by atoms with Crippen LogP contribution in [0, 0.1) is 5.82 Å². The molecule has 0 bridgehead atoms. The lowest BCUT2D eigenvalue weighted by Crippen LogP contribution is -2.41. The summed E-state index contributed by atoms with van der Waals surface area (Å²) in [6.45, 7) is 3.34. The number of benzene rings is 1. The van der Waals surface area contributed by atoms with Crippen molar-refractivity contribution in [3.63, 3.8) is 0 Å². The third-order valence-corrected chi connectivity index (χ3v) is 3.51. The van der Waals surface area contributed by atoms with Crippen molar-refractivity contribution in [1.29, 1.82) is 0 Å². The number of alkyl halides is 3. The van der Waals surface area contributed by atoms with Gasteiger partial charge >= 0.3 is 11.9 Å². The second kappa shape index (κ2) is 6.55. The van der Waals surface area contributed by atoms with Gasteiger partial charge in [0, 0.05) is 19.2 Å². The standard InChI is InChI=1S/C15H13ClF4N2O3/c1-7(2)25-11-5-10(9(17)4-8(11)16)22-13(23)6-12(15(18,19)20)21(3)14(22)24/h4-7H,1-3H3. The van der Waals surface area contributed by atoms with Crippen LogP contribution in [0.3, 0.4) is 0 Å². The van der Waals surface area contributed by atoms with E-state index in [-0.39, 0.29) is 32.1 Å². The highest BCUT2D eigenvalue weighted by Crippen LogP contribution is 2.30. The molecular formula is C15H13ClF4N2O3. The fourth-order valence-corrected chi connectivity index (χ4v) is 2.35. The largest absolute Gasteiger partial charge is 0.489 e. The first-order valence-corrected chi connectivity index (χ1v) is 7.37. The van der Waals surface area contributed by atoms with Gasteiger partial charge in [0.25, 0.3) is 5.56 Å².